The highest BCUT2D eigenvalue weighted by Gasteiger charge is 2.51. The number of hydrogen-bond donors (Lipinski definition) is 0. The van der Waals surface area contributed by atoms with E-state index in [9.17, 15) is 14.4 Å². The van der Waals surface area contributed by atoms with Gasteiger partial charge in [-0.3, -0.25) is 14.4 Å². The van der Waals surface area contributed by atoms with Crippen LogP contribution in [0.5, 0.6) is 0 Å². The number of hydrogen-bond acceptors (Lipinski definition) is 4. The molecular weight excluding hydrogens is 380 g/mol. The fourth-order valence-electron chi connectivity index (χ4n) is 3.93. The largest absolute Gasteiger partial charge is 0.337 e. The van der Waals surface area contributed by atoms with Gasteiger partial charge in [-0.25, -0.2) is 9.97 Å². The van der Waals surface area contributed by atoms with Gasteiger partial charge in [0.05, 0.1) is 12.4 Å². The molecule has 1 saturated heterocycles. The fraction of sp³-hybridized carbons (Fsp3) is 0.261. The van der Waals surface area contributed by atoms with Crippen LogP contribution in [0.3, 0.4) is 0 Å². The Bertz CT molecular complexity index is 1050. The Morgan fingerprint density at radius 3 is 2.60 bits per heavy atom. The molecule has 3 heterocycles. The van der Waals surface area contributed by atoms with E-state index in [4.69, 9.17) is 0 Å². The van der Waals surface area contributed by atoms with Crippen molar-refractivity contribution in [3.05, 3.63) is 84.2 Å². The van der Waals surface area contributed by atoms with Crippen LogP contribution in [-0.4, -0.2) is 38.5 Å². The molecule has 30 heavy (non-hydrogen) atoms. The first kappa shape index (κ1) is 19.7. The number of aromatic amines is 1. The Morgan fingerprint density at radius 2 is 1.93 bits per heavy atom. The zero-order valence-corrected chi connectivity index (χ0v) is 16.7. The average molecular weight is 403 g/mol. The molecule has 0 bridgehead atoms. The minimum Gasteiger partial charge on any atom is -0.337 e. The SMILES string of the molecule is Cc1ccc(C(=O)C2C(=O)C(=O)N(CCCn3ccnc3)C2c2ccc[nH+]c2)cc1. The number of rotatable bonds is 7. The number of nitrogens with zero attached hydrogens (tertiary/aromatic N) is 3. The number of aryl methyl sites for hydroxylation is 2. The molecule has 2 unspecified atom stereocenters. The molecule has 3 aromatic rings. The third-order valence-corrected chi connectivity index (χ3v) is 5.47. The molecule has 0 saturated carbocycles. The van der Waals surface area contributed by atoms with Gasteiger partial charge in [0.25, 0.3) is 5.91 Å². The van der Waals surface area contributed by atoms with Gasteiger partial charge in [0.2, 0.25) is 5.78 Å². The van der Waals surface area contributed by atoms with Crippen LogP contribution >= 0.6 is 0 Å². The molecular formula is C23H23N4O3+. The Kier molecular flexibility index (Phi) is 5.52. The predicted octanol–water partition coefficient (Wildman–Crippen LogP) is 2.05. The number of pyridine rings is 1. The number of benzene rings is 1. The van der Waals surface area contributed by atoms with Gasteiger partial charge >= 0.3 is 0 Å². The summed E-state index contributed by atoms with van der Waals surface area (Å²) in [6, 6.07) is 10.1. The van der Waals surface area contributed by atoms with Crippen LogP contribution in [-0.2, 0) is 16.1 Å². The Morgan fingerprint density at radius 1 is 1.13 bits per heavy atom. The fourth-order valence-corrected chi connectivity index (χ4v) is 3.93. The molecule has 1 aliphatic heterocycles. The van der Waals surface area contributed by atoms with E-state index >= 15 is 0 Å². The van der Waals surface area contributed by atoms with Gasteiger partial charge in [-0.1, -0.05) is 29.8 Å². The summed E-state index contributed by atoms with van der Waals surface area (Å²) in [5, 5.41) is 0. The van der Waals surface area contributed by atoms with Gasteiger partial charge in [0, 0.05) is 42.7 Å². The minimum absolute atomic E-state index is 0.320. The lowest BCUT2D eigenvalue weighted by molar-refractivity contribution is -0.379. The number of H-pyrrole nitrogens is 1. The lowest BCUT2D eigenvalue weighted by atomic mass is 9.86. The van der Waals surface area contributed by atoms with E-state index in [1.54, 1.807) is 48.0 Å². The van der Waals surface area contributed by atoms with Gasteiger partial charge < -0.3 is 9.47 Å². The molecule has 0 aliphatic carbocycles. The first-order valence-electron chi connectivity index (χ1n) is 9.93. The van der Waals surface area contributed by atoms with E-state index in [1.807, 2.05) is 35.9 Å². The number of aromatic nitrogens is 3. The van der Waals surface area contributed by atoms with Crippen molar-refractivity contribution in [1.82, 2.24) is 14.5 Å². The molecule has 7 heteroatoms. The number of amides is 1. The lowest BCUT2D eigenvalue weighted by Crippen LogP contribution is -2.32. The van der Waals surface area contributed by atoms with Crippen LogP contribution < -0.4 is 4.98 Å². The summed E-state index contributed by atoms with van der Waals surface area (Å²) < 4.78 is 1.92. The van der Waals surface area contributed by atoms with Crippen molar-refractivity contribution in [2.24, 2.45) is 5.92 Å². The maximum Gasteiger partial charge on any atom is 0.291 e. The Labute approximate surface area is 174 Å². The van der Waals surface area contributed by atoms with Crippen molar-refractivity contribution in [3.63, 3.8) is 0 Å². The van der Waals surface area contributed by atoms with Crippen molar-refractivity contribution >= 4 is 17.5 Å². The topological polar surface area (TPSA) is 86.4 Å². The maximum absolute atomic E-state index is 13.3. The van der Waals surface area contributed by atoms with Gasteiger partial charge in [-0.15, -0.1) is 0 Å². The summed E-state index contributed by atoms with van der Waals surface area (Å²) in [5.41, 5.74) is 2.21. The number of ketones is 2. The van der Waals surface area contributed by atoms with Gasteiger partial charge in [-0.05, 0) is 19.4 Å². The quantitative estimate of drug-likeness (QED) is 0.343. The second-order valence-corrected chi connectivity index (χ2v) is 7.51. The molecule has 1 fully saturated rings. The normalized spacial score (nSPS) is 18.8. The third-order valence-electron chi connectivity index (χ3n) is 5.47. The lowest BCUT2D eigenvalue weighted by Gasteiger charge is -2.26. The molecule has 0 radical (unpaired) electrons. The Balaban J connectivity index is 1.64. The highest BCUT2D eigenvalue weighted by Crippen LogP contribution is 2.37. The van der Waals surface area contributed by atoms with Crippen molar-refractivity contribution in [2.45, 2.75) is 25.9 Å². The number of imidazole rings is 1. The summed E-state index contributed by atoms with van der Waals surface area (Å²) in [6.45, 7) is 2.98. The zero-order valence-electron chi connectivity index (χ0n) is 16.7. The summed E-state index contributed by atoms with van der Waals surface area (Å²) in [4.78, 5) is 47.7. The van der Waals surface area contributed by atoms with Crippen LogP contribution in [0.4, 0.5) is 0 Å². The van der Waals surface area contributed by atoms with Crippen LogP contribution in [0, 0.1) is 12.8 Å². The summed E-state index contributed by atoms with van der Waals surface area (Å²) in [7, 11) is 0. The van der Waals surface area contributed by atoms with Crippen LogP contribution in [0.15, 0.2) is 67.5 Å². The van der Waals surface area contributed by atoms with E-state index in [1.165, 1.54) is 0 Å². The average Bonchev–Trinajstić information content (AvgIpc) is 3.37. The standard InChI is InChI=1S/C23H22N4O3/c1-16-5-7-17(8-6-16)21(28)19-20(18-4-2-9-24-14-18)27(23(30)22(19)29)12-3-11-26-13-10-25-15-26/h2,4-10,13-15,19-20H,3,11-12H2,1H3/p+1. The number of carbonyl (C=O) groups excluding carboxylic acids is 3. The van der Waals surface area contributed by atoms with E-state index in [-0.39, 0.29) is 5.78 Å². The van der Waals surface area contributed by atoms with Crippen molar-refractivity contribution in [3.8, 4) is 0 Å². The van der Waals surface area contributed by atoms with E-state index < -0.39 is 23.7 Å². The van der Waals surface area contributed by atoms with Crippen LogP contribution in [0.1, 0.15) is 33.9 Å². The summed E-state index contributed by atoms with van der Waals surface area (Å²) in [6.07, 6.45) is 9.41. The van der Waals surface area contributed by atoms with E-state index in [0.29, 0.717) is 25.1 Å². The molecule has 1 aromatic carbocycles. The molecule has 4 rings (SSSR count). The van der Waals surface area contributed by atoms with E-state index in [2.05, 4.69) is 9.97 Å². The summed E-state index contributed by atoms with van der Waals surface area (Å²) in [5.74, 6) is -2.61. The molecule has 0 spiro atoms. The first-order valence-corrected chi connectivity index (χ1v) is 9.93. The molecule has 1 aliphatic rings. The minimum atomic E-state index is -1.05. The summed E-state index contributed by atoms with van der Waals surface area (Å²) >= 11 is 0. The van der Waals surface area contributed by atoms with Gasteiger partial charge in [0.15, 0.2) is 18.2 Å². The third kappa shape index (κ3) is 3.78. The maximum atomic E-state index is 13.3. The number of Topliss-reactive ketones (excluding diaryl/α,β-unsaturated/α-hetero) is 2. The highest BCUT2D eigenvalue weighted by atomic mass is 16.2. The van der Waals surface area contributed by atoms with Gasteiger partial charge in [-0.2, -0.15) is 0 Å². The number of nitrogens with one attached hydrogen (secondary N) is 1. The molecule has 2 aromatic heterocycles. The number of carbonyl (C=O) groups is 3. The van der Waals surface area contributed by atoms with Crippen molar-refractivity contribution in [2.75, 3.05) is 6.54 Å². The second-order valence-electron chi connectivity index (χ2n) is 7.51. The van der Waals surface area contributed by atoms with E-state index in [0.717, 1.165) is 11.1 Å². The molecule has 152 valence electrons. The first-order chi connectivity index (χ1) is 14.6. The number of likely N-dealkylation sites (tertiary alicyclic amines) is 1. The van der Waals surface area contributed by atoms with Gasteiger partial charge in [0.1, 0.15) is 5.92 Å². The second kappa shape index (κ2) is 8.41. The molecule has 2 atom stereocenters. The molecule has 1 amide bonds. The zero-order chi connectivity index (χ0) is 21.1. The van der Waals surface area contributed by atoms with Crippen molar-refractivity contribution < 1.29 is 19.4 Å². The molecule has 1 N–H and O–H groups in total. The highest BCUT2D eigenvalue weighted by molar-refractivity contribution is 6.44. The Hall–Kier alpha value is -3.61. The molecule has 7 nitrogen and oxygen atoms in total. The van der Waals surface area contributed by atoms with Crippen LogP contribution in [0.2, 0.25) is 0 Å². The monoisotopic (exact) mass is 403 g/mol. The van der Waals surface area contributed by atoms with Crippen molar-refractivity contribution in [1.29, 1.82) is 0 Å². The van der Waals surface area contributed by atoms with Crippen LogP contribution in [0.25, 0.3) is 0 Å². The predicted molar refractivity (Wildman–Crippen MR) is 108 cm³/mol. The smallest absolute Gasteiger partial charge is 0.291 e.